The SMILES string of the molecule is CC1CCCCN1C(=O)CN1CCN(c2cnc3ccccc3n2)CC1. The highest BCUT2D eigenvalue weighted by Crippen LogP contribution is 2.19. The van der Waals surface area contributed by atoms with E-state index in [0.717, 1.165) is 62.4 Å². The van der Waals surface area contributed by atoms with Gasteiger partial charge in [-0.3, -0.25) is 14.7 Å². The van der Waals surface area contributed by atoms with Crippen LogP contribution in [0.2, 0.25) is 0 Å². The van der Waals surface area contributed by atoms with Crippen LogP contribution < -0.4 is 4.90 Å². The van der Waals surface area contributed by atoms with E-state index in [1.165, 1.54) is 6.42 Å². The van der Waals surface area contributed by atoms with Crippen LogP contribution in [0.1, 0.15) is 26.2 Å². The molecule has 1 aromatic heterocycles. The molecule has 0 aliphatic carbocycles. The first-order valence-electron chi connectivity index (χ1n) is 9.69. The molecule has 6 nitrogen and oxygen atoms in total. The maximum absolute atomic E-state index is 12.6. The Kier molecular flexibility index (Phi) is 5.02. The normalized spacial score (nSPS) is 22.0. The molecule has 0 saturated carbocycles. The fourth-order valence-electron chi connectivity index (χ4n) is 3.99. The number of nitrogens with zero attached hydrogens (tertiary/aromatic N) is 5. The first-order valence-corrected chi connectivity index (χ1v) is 9.69. The van der Waals surface area contributed by atoms with Crippen molar-refractivity contribution in [2.75, 3.05) is 44.2 Å². The Morgan fingerprint density at radius 1 is 1.08 bits per heavy atom. The molecule has 0 spiro atoms. The number of rotatable bonds is 3. The van der Waals surface area contributed by atoms with Crippen molar-refractivity contribution in [3.63, 3.8) is 0 Å². The highest BCUT2D eigenvalue weighted by atomic mass is 16.2. The van der Waals surface area contributed by atoms with Crippen molar-refractivity contribution >= 4 is 22.8 Å². The van der Waals surface area contributed by atoms with E-state index in [1.807, 2.05) is 30.5 Å². The Balaban J connectivity index is 1.34. The van der Waals surface area contributed by atoms with Gasteiger partial charge in [-0.25, -0.2) is 4.98 Å². The average Bonchev–Trinajstić information content (AvgIpc) is 2.68. The zero-order valence-corrected chi connectivity index (χ0v) is 15.5. The van der Waals surface area contributed by atoms with Gasteiger partial charge in [0.2, 0.25) is 5.91 Å². The summed E-state index contributed by atoms with van der Waals surface area (Å²) in [5, 5.41) is 0. The topological polar surface area (TPSA) is 52.6 Å². The number of likely N-dealkylation sites (tertiary alicyclic amines) is 1. The number of piperidine rings is 1. The van der Waals surface area contributed by atoms with Crippen LogP contribution in [0.3, 0.4) is 0 Å². The van der Waals surface area contributed by atoms with Crippen LogP contribution in [0.4, 0.5) is 5.82 Å². The molecule has 138 valence electrons. The standard InChI is InChI=1S/C20H27N5O/c1-16-6-4-5-9-25(16)20(26)15-23-10-12-24(13-11-23)19-14-21-17-7-2-3-8-18(17)22-19/h2-3,7-8,14,16H,4-6,9-13,15H2,1H3. The molecule has 1 aromatic carbocycles. The van der Waals surface area contributed by atoms with Crippen LogP contribution >= 0.6 is 0 Å². The molecule has 3 heterocycles. The zero-order chi connectivity index (χ0) is 17.9. The number of benzene rings is 1. The summed E-state index contributed by atoms with van der Waals surface area (Å²) in [7, 11) is 0. The van der Waals surface area contributed by atoms with Gasteiger partial charge < -0.3 is 9.80 Å². The molecule has 0 bridgehead atoms. The van der Waals surface area contributed by atoms with Gasteiger partial charge >= 0.3 is 0 Å². The summed E-state index contributed by atoms with van der Waals surface area (Å²) in [6, 6.07) is 8.35. The van der Waals surface area contributed by atoms with Crippen molar-refractivity contribution < 1.29 is 4.79 Å². The molecule has 0 radical (unpaired) electrons. The van der Waals surface area contributed by atoms with Crippen LogP contribution in [0.15, 0.2) is 30.5 Å². The second kappa shape index (κ2) is 7.58. The van der Waals surface area contributed by atoms with Gasteiger partial charge in [-0.1, -0.05) is 12.1 Å². The van der Waals surface area contributed by atoms with Crippen molar-refractivity contribution in [2.24, 2.45) is 0 Å². The van der Waals surface area contributed by atoms with Crippen LogP contribution in [-0.4, -0.2) is 71.0 Å². The van der Waals surface area contributed by atoms with E-state index in [9.17, 15) is 4.79 Å². The van der Waals surface area contributed by atoms with Gasteiger partial charge in [-0.15, -0.1) is 0 Å². The lowest BCUT2D eigenvalue weighted by atomic mass is 10.0. The number of aromatic nitrogens is 2. The third-order valence-electron chi connectivity index (χ3n) is 5.61. The Bertz CT molecular complexity index is 772. The molecular formula is C20H27N5O. The van der Waals surface area contributed by atoms with Crippen LogP contribution in [-0.2, 0) is 4.79 Å². The van der Waals surface area contributed by atoms with E-state index >= 15 is 0 Å². The maximum Gasteiger partial charge on any atom is 0.236 e. The lowest BCUT2D eigenvalue weighted by Gasteiger charge is -2.38. The van der Waals surface area contributed by atoms with Gasteiger partial charge in [0.05, 0.1) is 23.8 Å². The van der Waals surface area contributed by atoms with Crippen molar-refractivity contribution in [3.8, 4) is 0 Å². The highest BCUT2D eigenvalue weighted by Gasteiger charge is 2.26. The monoisotopic (exact) mass is 353 g/mol. The van der Waals surface area contributed by atoms with Gasteiger partial charge in [-0.2, -0.15) is 0 Å². The third kappa shape index (κ3) is 3.65. The zero-order valence-electron chi connectivity index (χ0n) is 15.5. The smallest absolute Gasteiger partial charge is 0.236 e. The molecule has 26 heavy (non-hydrogen) atoms. The van der Waals surface area contributed by atoms with Crippen molar-refractivity contribution in [1.29, 1.82) is 0 Å². The Hall–Kier alpha value is -2.21. The van der Waals surface area contributed by atoms with Gasteiger partial charge in [0.25, 0.3) is 0 Å². The first-order chi connectivity index (χ1) is 12.7. The van der Waals surface area contributed by atoms with Gasteiger partial charge in [-0.05, 0) is 38.3 Å². The number of anilines is 1. The number of hydrogen-bond donors (Lipinski definition) is 0. The number of para-hydroxylation sites is 2. The van der Waals surface area contributed by atoms with E-state index in [-0.39, 0.29) is 5.91 Å². The molecule has 2 aliphatic rings. The Labute approximate surface area is 154 Å². The third-order valence-corrected chi connectivity index (χ3v) is 5.61. The maximum atomic E-state index is 12.6. The predicted octanol–water partition coefficient (Wildman–Crippen LogP) is 2.15. The van der Waals surface area contributed by atoms with E-state index in [0.29, 0.717) is 12.6 Å². The highest BCUT2D eigenvalue weighted by molar-refractivity contribution is 5.78. The molecule has 1 atom stereocenters. The summed E-state index contributed by atoms with van der Waals surface area (Å²) in [6.07, 6.45) is 5.39. The number of carbonyl (C=O) groups is 1. The summed E-state index contributed by atoms with van der Waals surface area (Å²) >= 11 is 0. The molecule has 1 amide bonds. The average molecular weight is 353 g/mol. The van der Waals surface area contributed by atoms with Gasteiger partial charge in [0, 0.05) is 38.8 Å². The molecule has 2 aliphatic heterocycles. The number of amides is 1. The van der Waals surface area contributed by atoms with Crippen LogP contribution in [0, 0.1) is 0 Å². The van der Waals surface area contributed by atoms with Crippen LogP contribution in [0.5, 0.6) is 0 Å². The first kappa shape index (κ1) is 17.2. The molecule has 2 saturated heterocycles. The molecule has 2 fully saturated rings. The minimum Gasteiger partial charge on any atom is -0.353 e. The summed E-state index contributed by atoms with van der Waals surface area (Å²) in [5.41, 5.74) is 1.86. The number of fused-ring (bicyclic) bond motifs is 1. The molecule has 4 rings (SSSR count). The minimum atomic E-state index is 0.288. The molecule has 2 aromatic rings. The summed E-state index contributed by atoms with van der Waals surface area (Å²) in [5.74, 6) is 1.22. The minimum absolute atomic E-state index is 0.288. The van der Waals surface area contributed by atoms with E-state index in [2.05, 4.69) is 26.6 Å². The lowest BCUT2D eigenvalue weighted by Crippen LogP contribution is -2.52. The summed E-state index contributed by atoms with van der Waals surface area (Å²) in [6.45, 7) is 7.19. The molecule has 6 heteroatoms. The fourth-order valence-corrected chi connectivity index (χ4v) is 3.99. The van der Waals surface area contributed by atoms with E-state index < -0.39 is 0 Å². The molecule has 0 N–H and O–H groups in total. The van der Waals surface area contributed by atoms with Gasteiger partial charge in [0.15, 0.2) is 0 Å². The molecular weight excluding hydrogens is 326 g/mol. The largest absolute Gasteiger partial charge is 0.353 e. The summed E-state index contributed by atoms with van der Waals surface area (Å²) < 4.78 is 0. The van der Waals surface area contributed by atoms with E-state index in [4.69, 9.17) is 4.98 Å². The Morgan fingerprint density at radius 3 is 2.62 bits per heavy atom. The van der Waals surface area contributed by atoms with Crippen molar-refractivity contribution in [3.05, 3.63) is 30.5 Å². The number of piperazine rings is 1. The fraction of sp³-hybridized carbons (Fsp3) is 0.550. The summed E-state index contributed by atoms with van der Waals surface area (Å²) in [4.78, 5) is 28.5. The second-order valence-electron chi connectivity index (χ2n) is 7.41. The second-order valence-corrected chi connectivity index (χ2v) is 7.41. The van der Waals surface area contributed by atoms with Gasteiger partial charge in [0.1, 0.15) is 5.82 Å². The van der Waals surface area contributed by atoms with Crippen molar-refractivity contribution in [2.45, 2.75) is 32.2 Å². The quantitative estimate of drug-likeness (QED) is 0.846. The number of hydrogen-bond acceptors (Lipinski definition) is 5. The van der Waals surface area contributed by atoms with E-state index in [1.54, 1.807) is 0 Å². The lowest BCUT2D eigenvalue weighted by molar-refractivity contribution is -0.135. The van der Waals surface area contributed by atoms with Crippen LogP contribution in [0.25, 0.3) is 11.0 Å². The number of carbonyl (C=O) groups excluding carboxylic acids is 1. The Morgan fingerprint density at radius 2 is 1.85 bits per heavy atom. The van der Waals surface area contributed by atoms with Crippen molar-refractivity contribution in [1.82, 2.24) is 19.8 Å². The molecule has 1 unspecified atom stereocenters. The predicted molar refractivity (Wildman–Crippen MR) is 103 cm³/mol.